The number of aromatic nitrogens is 1. The van der Waals surface area contributed by atoms with Gasteiger partial charge in [-0.1, -0.05) is 0 Å². The number of rotatable bonds is 3. The summed E-state index contributed by atoms with van der Waals surface area (Å²) in [6.07, 6.45) is -2.33. The molecule has 17 heavy (non-hydrogen) atoms. The molecule has 1 heterocycles. The molecular formula is C11H10F3N3. The fourth-order valence-electron chi connectivity index (χ4n) is 1.40. The van der Waals surface area contributed by atoms with Crippen molar-refractivity contribution in [1.82, 2.24) is 4.98 Å². The Morgan fingerprint density at radius 1 is 1.41 bits per heavy atom. The number of hydrogen-bond donors (Lipinski definition) is 1. The van der Waals surface area contributed by atoms with E-state index < -0.39 is 11.9 Å². The van der Waals surface area contributed by atoms with Gasteiger partial charge in [0.25, 0.3) is 0 Å². The van der Waals surface area contributed by atoms with E-state index >= 15 is 0 Å². The number of hydrogen-bond acceptors (Lipinski definition) is 3. The Bertz CT molecular complexity index is 458. The average molecular weight is 241 g/mol. The van der Waals surface area contributed by atoms with Crippen LogP contribution in [0.5, 0.6) is 0 Å². The lowest BCUT2D eigenvalue weighted by atomic mass is 10.2. The second-order valence-corrected chi connectivity index (χ2v) is 4.03. The zero-order valence-electron chi connectivity index (χ0n) is 8.88. The molecule has 1 aliphatic rings. The third-order valence-electron chi connectivity index (χ3n) is 2.56. The molecule has 90 valence electrons. The maximum absolute atomic E-state index is 12.4. The van der Waals surface area contributed by atoms with Gasteiger partial charge in [-0.25, -0.2) is 4.98 Å². The Labute approximate surface area is 96.3 Å². The van der Waals surface area contributed by atoms with E-state index in [0.29, 0.717) is 12.5 Å². The van der Waals surface area contributed by atoms with Gasteiger partial charge in [-0.2, -0.15) is 18.4 Å². The van der Waals surface area contributed by atoms with Gasteiger partial charge in [0.05, 0.1) is 5.56 Å². The first-order valence-corrected chi connectivity index (χ1v) is 5.23. The van der Waals surface area contributed by atoms with Crippen molar-refractivity contribution >= 4 is 5.82 Å². The van der Waals surface area contributed by atoms with E-state index in [1.807, 2.05) is 6.07 Å². The van der Waals surface area contributed by atoms with E-state index in [1.165, 1.54) is 0 Å². The van der Waals surface area contributed by atoms with Crippen molar-refractivity contribution in [2.75, 3.05) is 11.9 Å². The molecule has 0 spiro atoms. The van der Waals surface area contributed by atoms with Crippen LogP contribution in [0.2, 0.25) is 0 Å². The Kier molecular flexibility index (Phi) is 2.92. The maximum atomic E-state index is 12.4. The topological polar surface area (TPSA) is 48.7 Å². The first kappa shape index (κ1) is 11.7. The minimum atomic E-state index is -4.48. The van der Waals surface area contributed by atoms with Gasteiger partial charge in [0, 0.05) is 6.54 Å². The maximum Gasteiger partial charge on any atom is 0.433 e. The summed E-state index contributed by atoms with van der Waals surface area (Å²) in [5, 5.41) is 11.6. The van der Waals surface area contributed by atoms with Crippen LogP contribution in [0, 0.1) is 17.2 Å². The van der Waals surface area contributed by atoms with Crippen LogP contribution >= 0.6 is 0 Å². The molecule has 0 unspecified atom stereocenters. The van der Waals surface area contributed by atoms with Crippen LogP contribution in [0.1, 0.15) is 24.1 Å². The number of alkyl halides is 3. The second kappa shape index (κ2) is 4.24. The summed E-state index contributed by atoms with van der Waals surface area (Å²) in [7, 11) is 0. The third kappa shape index (κ3) is 2.87. The number of nitrogens with zero attached hydrogens (tertiary/aromatic N) is 2. The van der Waals surface area contributed by atoms with Crippen LogP contribution in [0.3, 0.4) is 0 Å². The van der Waals surface area contributed by atoms with Gasteiger partial charge in [0.1, 0.15) is 17.6 Å². The third-order valence-corrected chi connectivity index (χ3v) is 2.56. The Hall–Kier alpha value is -1.77. The van der Waals surface area contributed by atoms with Crippen LogP contribution in [0.25, 0.3) is 0 Å². The van der Waals surface area contributed by atoms with E-state index in [9.17, 15) is 13.2 Å². The predicted octanol–water partition coefficient (Wildman–Crippen LogP) is 2.79. The largest absolute Gasteiger partial charge is 0.433 e. The van der Waals surface area contributed by atoms with Crippen LogP contribution in [0.15, 0.2) is 12.1 Å². The predicted molar refractivity (Wildman–Crippen MR) is 55.2 cm³/mol. The highest BCUT2D eigenvalue weighted by Gasteiger charge is 2.33. The van der Waals surface area contributed by atoms with Gasteiger partial charge in [0.15, 0.2) is 0 Å². The molecule has 1 fully saturated rings. The van der Waals surface area contributed by atoms with Crippen molar-refractivity contribution in [1.29, 1.82) is 5.26 Å². The highest BCUT2D eigenvalue weighted by atomic mass is 19.4. The Morgan fingerprint density at radius 2 is 2.12 bits per heavy atom. The average Bonchev–Trinajstić information content (AvgIpc) is 3.08. The number of pyridine rings is 1. The van der Waals surface area contributed by atoms with Gasteiger partial charge in [-0.3, -0.25) is 0 Å². The molecule has 1 aromatic heterocycles. The van der Waals surface area contributed by atoms with E-state index in [1.54, 1.807) is 0 Å². The van der Waals surface area contributed by atoms with Gasteiger partial charge >= 0.3 is 6.18 Å². The quantitative estimate of drug-likeness (QED) is 0.885. The number of nitrogens with one attached hydrogen (secondary N) is 1. The molecule has 0 bridgehead atoms. The summed E-state index contributed by atoms with van der Waals surface area (Å²) in [4.78, 5) is 3.46. The normalized spacial score (nSPS) is 15.4. The first-order valence-electron chi connectivity index (χ1n) is 5.23. The summed E-state index contributed by atoms with van der Waals surface area (Å²) < 4.78 is 37.3. The Balaban J connectivity index is 2.22. The van der Waals surface area contributed by atoms with Crippen LogP contribution in [-0.2, 0) is 6.18 Å². The number of halogens is 3. The van der Waals surface area contributed by atoms with Gasteiger partial charge in [-0.05, 0) is 30.9 Å². The fraction of sp³-hybridized carbons (Fsp3) is 0.455. The van der Waals surface area contributed by atoms with Gasteiger partial charge < -0.3 is 5.32 Å². The van der Waals surface area contributed by atoms with Crippen molar-refractivity contribution in [3.8, 4) is 6.07 Å². The van der Waals surface area contributed by atoms with Crippen molar-refractivity contribution in [3.63, 3.8) is 0 Å². The molecule has 0 aliphatic heterocycles. The van der Waals surface area contributed by atoms with E-state index in [0.717, 1.165) is 25.0 Å². The minimum absolute atomic E-state index is 0.0224. The van der Waals surface area contributed by atoms with Crippen LogP contribution < -0.4 is 5.32 Å². The van der Waals surface area contributed by atoms with Gasteiger partial charge in [-0.15, -0.1) is 0 Å². The molecule has 1 aliphatic carbocycles. The van der Waals surface area contributed by atoms with E-state index in [-0.39, 0.29) is 11.4 Å². The summed E-state index contributed by atoms with van der Waals surface area (Å²) in [6, 6.07) is 3.79. The fourth-order valence-corrected chi connectivity index (χ4v) is 1.40. The van der Waals surface area contributed by atoms with Crippen LogP contribution in [0.4, 0.5) is 19.0 Å². The monoisotopic (exact) mass is 241 g/mol. The second-order valence-electron chi connectivity index (χ2n) is 4.03. The summed E-state index contributed by atoms with van der Waals surface area (Å²) >= 11 is 0. The van der Waals surface area contributed by atoms with E-state index in [2.05, 4.69) is 10.3 Å². The molecule has 0 radical (unpaired) electrons. The molecule has 0 aromatic carbocycles. The minimum Gasteiger partial charge on any atom is -0.369 e. The molecule has 1 N–H and O–H groups in total. The zero-order chi connectivity index (χ0) is 12.5. The molecule has 1 saturated carbocycles. The molecule has 0 amide bonds. The van der Waals surface area contributed by atoms with Crippen molar-refractivity contribution in [2.24, 2.45) is 5.92 Å². The lowest BCUT2D eigenvalue weighted by Gasteiger charge is -2.10. The Morgan fingerprint density at radius 3 is 2.65 bits per heavy atom. The first-order chi connectivity index (χ1) is 8.00. The van der Waals surface area contributed by atoms with Crippen molar-refractivity contribution in [2.45, 2.75) is 19.0 Å². The lowest BCUT2D eigenvalue weighted by Crippen LogP contribution is -2.12. The molecule has 0 saturated heterocycles. The molecule has 6 heteroatoms. The highest BCUT2D eigenvalue weighted by molar-refractivity contribution is 5.52. The van der Waals surface area contributed by atoms with Crippen LogP contribution in [-0.4, -0.2) is 11.5 Å². The molecular weight excluding hydrogens is 231 g/mol. The molecule has 2 rings (SSSR count). The highest BCUT2D eigenvalue weighted by Crippen LogP contribution is 2.31. The van der Waals surface area contributed by atoms with Gasteiger partial charge in [0.2, 0.25) is 0 Å². The summed E-state index contributed by atoms with van der Waals surface area (Å²) in [5.41, 5.74) is -0.839. The number of nitriles is 1. The van der Waals surface area contributed by atoms with Crippen molar-refractivity contribution in [3.05, 3.63) is 23.4 Å². The summed E-state index contributed by atoms with van der Waals surface area (Å²) in [6.45, 7) is 0.572. The van der Waals surface area contributed by atoms with E-state index in [4.69, 9.17) is 5.26 Å². The summed E-state index contributed by atoms with van der Waals surface area (Å²) in [5.74, 6) is 0.520. The zero-order valence-corrected chi connectivity index (χ0v) is 8.88. The standard InChI is InChI=1S/C11H10F3N3/c12-11(13,14)9-4-3-8(5-15)10(17-9)16-6-7-1-2-7/h3-4,7H,1-2,6H2,(H,16,17). The lowest BCUT2D eigenvalue weighted by molar-refractivity contribution is -0.141. The molecule has 3 nitrogen and oxygen atoms in total. The molecule has 0 atom stereocenters. The smallest absolute Gasteiger partial charge is 0.369 e. The SMILES string of the molecule is N#Cc1ccc(C(F)(F)F)nc1NCC1CC1. The number of anilines is 1. The molecule has 1 aromatic rings. The van der Waals surface area contributed by atoms with Crippen molar-refractivity contribution < 1.29 is 13.2 Å².